The van der Waals surface area contributed by atoms with Crippen molar-refractivity contribution in [3.63, 3.8) is 0 Å². The molecule has 1 aliphatic rings. The zero-order valence-electron chi connectivity index (χ0n) is 16.3. The predicted molar refractivity (Wildman–Crippen MR) is 105 cm³/mol. The molecular formula is C19H24F2N4O3S. The summed E-state index contributed by atoms with van der Waals surface area (Å²) >= 11 is 0. The van der Waals surface area contributed by atoms with Crippen molar-refractivity contribution in [1.82, 2.24) is 14.2 Å². The van der Waals surface area contributed by atoms with Crippen LogP contribution in [0.3, 0.4) is 0 Å². The van der Waals surface area contributed by atoms with Crippen LogP contribution in [0.5, 0.6) is 0 Å². The van der Waals surface area contributed by atoms with Crippen LogP contribution in [0.15, 0.2) is 41.4 Å². The second-order valence-electron chi connectivity index (χ2n) is 6.89. The summed E-state index contributed by atoms with van der Waals surface area (Å²) in [6.45, 7) is 1.53. The van der Waals surface area contributed by atoms with Crippen molar-refractivity contribution in [2.45, 2.75) is 10.9 Å². The van der Waals surface area contributed by atoms with E-state index in [1.807, 2.05) is 0 Å². The lowest BCUT2D eigenvalue weighted by Gasteiger charge is -2.26. The van der Waals surface area contributed by atoms with Gasteiger partial charge in [-0.2, -0.15) is 4.31 Å². The molecule has 1 saturated heterocycles. The Morgan fingerprint density at radius 2 is 1.83 bits per heavy atom. The first-order valence-corrected chi connectivity index (χ1v) is 10.6. The summed E-state index contributed by atoms with van der Waals surface area (Å²) in [6, 6.07) is 6.20. The molecule has 7 nitrogen and oxygen atoms in total. The van der Waals surface area contributed by atoms with Crippen molar-refractivity contribution in [3.8, 4) is 0 Å². The molecule has 0 saturated carbocycles. The number of hydrogen-bond donors (Lipinski definition) is 1. The number of sulfonamides is 1. The van der Waals surface area contributed by atoms with Crippen LogP contribution >= 0.6 is 0 Å². The molecule has 1 aliphatic heterocycles. The van der Waals surface area contributed by atoms with Crippen LogP contribution in [-0.2, 0) is 14.8 Å². The number of anilines is 1. The van der Waals surface area contributed by atoms with Gasteiger partial charge in [-0.05, 0) is 38.4 Å². The van der Waals surface area contributed by atoms with E-state index in [-0.39, 0.29) is 17.0 Å². The Morgan fingerprint density at radius 3 is 2.38 bits per heavy atom. The topological polar surface area (TPSA) is 74.8 Å². The zero-order valence-corrected chi connectivity index (χ0v) is 17.1. The fourth-order valence-electron chi connectivity index (χ4n) is 3.15. The summed E-state index contributed by atoms with van der Waals surface area (Å²) in [5.74, 6) is -0.828. The van der Waals surface area contributed by atoms with Gasteiger partial charge in [-0.3, -0.25) is 0 Å². The first-order chi connectivity index (χ1) is 13.8. The fraction of sp³-hybridized carbons (Fsp3) is 0.421. The maximum atomic E-state index is 14.2. The largest absolute Gasteiger partial charge is 0.379 e. The van der Waals surface area contributed by atoms with E-state index in [1.165, 1.54) is 40.8 Å². The molecule has 2 aromatic rings. The Balaban J connectivity index is 1.72. The summed E-state index contributed by atoms with van der Waals surface area (Å²) < 4.78 is 60.1. The van der Waals surface area contributed by atoms with Gasteiger partial charge < -0.3 is 15.0 Å². The van der Waals surface area contributed by atoms with E-state index in [4.69, 9.17) is 4.74 Å². The molecule has 0 bridgehead atoms. The number of nitrogens with zero attached hydrogens (tertiary/aromatic N) is 3. The van der Waals surface area contributed by atoms with Crippen LogP contribution in [0.2, 0.25) is 0 Å². The highest BCUT2D eigenvalue weighted by Crippen LogP contribution is 2.25. The monoisotopic (exact) mass is 426 g/mol. The highest BCUT2D eigenvalue weighted by Gasteiger charge is 2.27. The maximum absolute atomic E-state index is 14.2. The van der Waals surface area contributed by atoms with Gasteiger partial charge in [0, 0.05) is 31.4 Å². The lowest BCUT2D eigenvalue weighted by molar-refractivity contribution is 0.0730. The van der Waals surface area contributed by atoms with E-state index in [0.29, 0.717) is 32.1 Å². The Hall–Kier alpha value is -2.14. The summed E-state index contributed by atoms with van der Waals surface area (Å²) in [4.78, 5) is 5.95. The van der Waals surface area contributed by atoms with Gasteiger partial charge in [0.1, 0.15) is 22.3 Å². The molecule has 1 unspecified atom stereocenters. The predicted octanol–water partition coefficient (Wildman–Crippen LogP) is 2.10. The number of rotatable bonds is 7. The molecule has 29 heavy (non-hydrogen) atoms. The van der Waals surface area contributed by atoms with E-state index >= 15 is 0 Å². The van der Waals surface area contributed by atoms with Crippen LogP contribution in [0.1, 0.15) is 11.6 Å². The fourth-order valence-corrected chi connectivity index (χ4v) is 4.50. The summed E-state index contributed by atoms with van der Waals surface area (Å²) in [6.07, 6.45) is 1.28. The molecule has 0 amide bonds. The average molecular weight is 426 g/mol. The summed E-state index contributed by atoms with van der Waals surface area (Å²) in [5.41, 5.74) is -0.0310. The number of halogens is 2. The van der Waals surface area contributed by atoms with Gasteiger partial charge in [-0.25, -0.2) is 22.2 Å². The lowest BCUT2D eigenvalue weighted by Crippen LogP contribution is -2.40. The smallest absolute Gasteiger partial charge is 0.244 e. The molecule has 0 aliphatic carbocycles. The van der Waals surface area contributed by atoms with Crippen molar-refractivity contribution in [2.24, 2.45) is 0 Å². The first kappa shape index (κ1) is 21.6. The average Bonchev–Trinajstić information content (AvgIpc) is 2.71. The van der Waals surface area contributed by atoms with Crippen molar-refractivity contribution in [1.29, 1.82) is 0 Å². The van der Waals surface area contributed by atoms with Gasteiger partial charge in [0.15, 0.2) is 0 Å². The Kier molecular flexibility index (Phi) is 6.78. The number of aromatic nitrogens is 1. The van der Waals surface area contributed by atoms with Gasteiger partial charge >= 0.3 is 0 Å². The quantitative estimate of drug-likeness (QED) is 0.731. The number of pyridine rings is 1. The standard InChI is InChI=1S/C19H24F2N4O3S/c1-24(2)17(19-15(20)4-3-5-16(19)21)13-23-18-7-6-14(12-22-18)29(26,27)25-8-10-28-11-9-25/h3-7,12,17H,8-11,13H2,1-2H3,(H,22,23). The van der Waals surface area contributed by atoms with Gasteiger partial charge in [0.2, 0.25) is 10.0 Å². The third-order valence-corrected chi connectivity index (χ3v) is 6.66. The Morgan fingerprint density at radius 1 is 1.17 bits per heavy atom. The molecule has 2 heterocycles. The minimum atomic E-state index is -3.62. The van der Waals surface area contributed by atoms with E-state index in [2.05, 4.69) is 10.3 Å². The van der Waals surface area contributed by atoms with Crippen LogP contribution in [0.25, 0.3) is 0 Å². The van der Waals surface area contributed by atoms with Crippen molar-refractivity contribution < 1.29 is 21.9 Å². The van der Waals surface area contributed by atoms with Gasteiger partial charge in [-0.15, -0.1) is 0 Å². The molecule has 1 atom stereocenters. The van der Waals surface area contributed by atoms with Crippen molar-refractivity contribution in [2.75, 3.05) is 52.3 Å². The second-order valence-corrected chi connectivity index (χ2v) is 8.83. The second kappa shape index (κ2) is 9.12. The van der Waals surface area contributed by atoms with E-state index in [9.17, 15) is 17.2 Å². The van der Waals surface area contributed by atoms with Crippen LogP contribution in [-0.4, -0.2) is 69.6 Å². The molecular weight excluding hydrogens is 402 g/mol. The molecule has 10 heteroatoms. The number of likely N-dealkylation sites (N-methyl/N-ethyl adjacent to an activating group) is 1. The van der Waals surface area contributed by atoms with Gasteiger partial charge in [0.05, 0.1) is 19.3 Å². The van der Waals surface area contributed by atoms with Crippen LogP contribution < -0.4 is 5.32 Å². The lowest BCUT2D eigenvalue weighted by atomic mass is 10.0. The van der Waals surface area contributed by atoms with E-state index < -0.39 is 27.7 Å². The number of benzene rings is 1. The molecule has 1 aromatic carbocycles. The number of nitrogens with one attached hydrogen (secondary N) is 1. The third kappa shape index (κ3) is 4.89. The highest BCUT2D eigenvalue weighted by atomic mass is 32.2. The molecule has 1 aromatic heterocycles. The Bertz CT molecular complexity index is 913. The number of ether oxygens (including phenoxy) is 1. The zero-order chi connectivity index (χ0) is 21.0. The van der Waals surface area contributed by atoms with Crippen LogP contribution in [0.4, 0.5) is 14.6 Å². The van der Waals surface area contributed by atoms with Crippen molar-refractivity contribution >= 4 is 15.8 Å². The molecule has 0 radical (unpaired) electrons. The van der Waals surface area contributed by atoms with Gasteiger partial charge in [0.25, 0.3) is 0 Å². The van der Waals surface area contributed by atoms with Crippen LogP contribution in [0, 0.1) is 11.6 Å². The van der Waals surface area contributed by atoms with E-state index in [1.54, 1.807) is 19.0 Å². The molecule has 1 N–H and O–H groups in total. The SMILES string of the molecule is CN(C)C(CNc1ccc(S(=O)(=O)N2CCOCC2)cn1)c1c(F)cccc1F. The normalized spacial score (nSPS) is 16.7. The summed E-state index contributed by atoms with van der Waals surface area (Å²) in [5, 5.41) is 3.02. The molecule has 3 rings (SSSR count). The first-order valence-electron chi connectivity index (χ1n) is 9.19. The maximum Gasteiger partial charge on any atom is 0.244 e. The molecule has 1 fully saturated rings. The Labute approximate surface area is 169 Å². The minimum Gasteiger partial charge on any atom is -0.379 e. The minimum absolute atomic E-state index is 0.0310. The van der Waals surface area contributed by atoms with Gasteiger partial charge in [-0.1, -0.05) is 6.07 Å². The van der Waals surface area contributed by atoms with E-state index in [0.717, 1.165) is 0 Å². The molecule has 158 valence electrons. The molecule has 0 spiro atoms. The highest BCUT2D eigenvalue weighted by molar-refractivity contribution is 7.89. The number of hydrogen-bond acceptors (Lipinski definition) is 6. The summed E-state index contributed by atoms with van der Waals surface area (Å²) in [7, 11) is -0.170. The van der Waals surface area contributed by atoms with Crippen molar-refractivity contribution in [3.05, 3.63) is 53.7 Å². The number of morpholine rings is 1. The third-order valence-electron chi connectivity index (χ3n) is 4.78.